The van der Waals surface area contributed by atoms with E-state index < -0.39 is 0 Å². The van der Waals surface area contributed by atoms with Gasteiger partial charge in [0, 0.05) is 24.3 Å². The number of carbonyl (C=O) groups is 1. The third kappa shape index (κ3) is 2.55. The zero-order valence-corrected chi connectivity index (χ0v) is 11.8. The summed E-state index contributed by atoms with van der Waals surface area (Å²) in [5.74, 6) is 0.713. The zero-order valence-electron chi connectivity index (χ0n) is 11.8. The van der Waals surface area contributed by atoms with Crippen LogP contribution in [-0.4, -0.2) is 22.6 Å². The Hall–Kier alpha value is -1.84. The maximum atomic E-state index is 11.5. The van der Waals surface area contributed by atoms with Crippen LogP contribution >= 0.6 is 0 Å². The van der Waals surface area contributed by atoms with E-state index in [1.54, 1.807) is 0 Å². The van der Waals surface area contributed by atoms with Crippen LogP contribution in [0.5, 0.6) is 0 Å². The summed E-state index contributed by atoms with van der Waals surface area (Å²) in [6.07, 6.45) is 9.99. The maximum Gasteiger partial charge on any atom is 0.308 e. The number of fused-ring (bicyclic) bond motifs is 1. The van der Waals surface area contributed by atoms with Crippen LogP contribution in [0.4, 0.5) is 0 Å². The van der Waals surface area contributed by atoms with E-state index in [-0.39, 0.29) is 11.9 Å². The van der Waals surface area contributed by atoms with Gasteiger partial charge in [-0.25, -0.2) is 0 Å². The lowest BCUT2D eigenvalue weighted by Gasteiger charge is -2.27. The topological polar surface area (TPSA) is 44.1 Å². The largest absolute Gasteiger partial charge is 0.469 e. The Bertz CT molecular complexity index is 597. The number of aromatic nitrogens is 2. The normalized spacial score (nSPS) is 22.9. The number of ether oxygens (including phenoxy) is 1. The molecule has 0 aromatic carbocycles. The predicted octanol–water partition coefficient (Wildman–Crippen LogP) is 3.02. The van der Waals surface area contributed by atoms with Crippen molar-refractivity contribution in [3.63, 3.8) is 0 Å². The Morgan fingerprint density at radius 3 is 2.90 bits per heavy atom. The summed E-state index contributed by atoms with van der Waals surface area (Å²) in [5.41, 5.74) is 1.20. The van der Waals surface area contributed by atoms with Crippen molar-refractivity contribution >= 4 is 16.9 Å². The van der Waals surface area contributed by atoms with E-state index in [1.165, 1.54) is 18.0 Å². The highest BCUT2D eigenvalue weighted by Gasteiger charge is 2.27. The first kappa shape index (κ1) is 13.2. The average molecular weight is 272 g/mol. The Morgan fingerprint density at radius 2 is 2.15 bits per heavy atom. The molecule has 2 heterocycles. The summed E-state index contributed by atoms with van der Waals surface area (Å²) in [7, 11) is 1.48. The van der Waals surface area contributed by atoms with Gasteiger partial charge in [-0.3, -0.25) is 9.78 Å². The van der Waals surface area contributed by atoms with Gasteiger partial charge in [0.2, 0.25) is 0 Å². The van der Waals surface area contributed by atoms with Crippen molar-refractivity contribution in [1.82, 2.24) is 9.55 Å². The third-order valence-electron chi connectivity index (χ3n) is 4.41. The molecule has 0 bridgehead atoms. The zero-order chi connectivity index (χ0) is 13.9. The minimum Gasteiger partial charge on any atom is -0.469 e. The second kappa shape index (κ2) is 5.65. The summed E-state index contributed by atoms with van der Waals surface area (Å²) in [6, 6.07) is 4.18. The van der Waals surface area contributed by atoms with Gasteiger partial charge >= 0.3 is 5.97 Å². The summed E-state index contributed by atoms with van der Waals surface area (Å²) in [6.45, 7) is 1.02. The molecule has 0 amide bonds. The first-order valence-corrected chi connectivity index (χ1v) is 7.24. The summed E-state index contributed by atoms with van der Waals surface area (Å²) < 4.78 is 7.12. The Morgan fingerprint density at radius 1 is 1.35 bits per heavy atom. The molecule has 106 valence electrons. The number of hydrogen-bond donors (Lipinski definition) is 0. The van der Waals surface area contributed by atoms with Crippen LogP contribution in [0.25, 0.3) is 10.9 Å². The maximum absolute atomic E-state index is 11.5. The van der Waals surface area contributed by atoms with Gasteiger partial charge in [-0.05, 0) is 43.7 Å². The molecule has 0 atom stereocenters. The van der Waals surface area contributed by atoms with Gasteiger partial charge in [-0.15, -0.1) is 0 Å². The van der Waals surface area contributed by atoms with Gasteiger partial charge in [-0.1, -0.05) is 0 Å². The molecular weight excluding hydrogens is 252 g/mol. The lowest BCUT2D eigenvalue weighted by molar-refractivity contribution is -0.146. The molecular formula is C16H20N2O2. The van der Waals surface area contributed by atoms with E-state index in [0.29, 0.717) is 5.92 Å². The van der Waals surface area contributed by atoms with Crippen molar-refractivity contribution < 1.29 is 9.53 Å². The lowest BCUT2D eigenvalue weighted by atomic mass is 9.82. The summed E-state index contributed by atoms with van der Waals surface area (Å²) in [4.78, 5) is 15.7. The molecule has 1 saturated carbocycles. The second-order valence-corrected chi connectivity index (χ2v) is 5.64. The van der Waals surface area contributed by atoms with E-state index in [2.05, 4.69) is 21.8 Å². The number of carbonyl (C=O) groups excluding carboxylic acids is 1. The highest BCUT2D eigenvalue weighted by atomic mass is 16.5. The van der Waals surface area contributed by atoms with Crippen molar-refractivity contribution in [3.8, 4) is 0 Å². The van der Waals surface area contributed by atoms with Gasteiger partial charge in [0.15, 0.2) is 0 Å². The highest BCUT2D eigenvalue weighted by molar-refractivity contribution is 5.78. The van der Waals surface area contributed by atoms with Gasteiger partial charge in [0.25, 0.3) is 0 Å². The summed E-state index contributed by atoms with van der Waals surface area (Å²) in [5, 5.41) is 1.24. The molecule has 1 fully saturated rings. The fourth-order valence-corrected chi connectivity index (χ4v) is 3.21. The Labute approximate surface area is 118 Å². The van der Waals surface area contributed by atoms with E-state index in [1.807, 2.05) is 18.5 Å². The average Bonchev–Trinajstić information content (AvgIpc) is 2.91. The van der Waals surface area contributed by atoms with Crippen molar-refractivity contribution in [2.75, 3.05) is 7.11 Å². The van der Waals surface area contributed by atoms with Crippen molar-refractivity contribution in [2.24, 2.45) is 11.8 Å². The van der Waals surface area contributed by atoms with Crippen LogP contribution in [0.15, 0.2) is 30.7 Å². The van der Waals surface area contributed by atoms with Gasteiger partial charge in [0.05, 0.1) is 24.7 Å². The van der Waals surface area contributed by atoms with E-state index in [0.717, 1.165) is 32.2 Å². The first-order valence-electron chi connectivity index (χ1n) is 7.24. The van der Waals surface area contributed by atoms with Crippen LogP contribution in [-0.2, 0) is 16.1 Å². The molecule has 0 spiro atoms. The molecule has 0 radical (unpaired) electrons. The van der Waals surface area contributed by atoms with Gasteiger partial charge in [-0.2, -0.15) is 0 Å². The van der Waals surface area contributed by atoms with E-state index in [4.69, 9.17) is 4.74 Å². The minimum atomic E-state index is -0.0425. The van der Waals surface area contributed by atoms with Crippen molar-refractivity contribution in [1.29, 1.82) is 0 Å². The molecule has 20 heavy (non-hydrogen) atoms. The van der Waals surface area contributed by atoms with Gasteiger partial charge < -0.3 is 9.30 Å². The molecule has 0 saturated heterocycles. The number of nitrogens with zero attached hydrogens (tertiary/aromatic N) is 2. The SMILES string of the molecule is COC(=O)C1CCC(Cn2ccc3ccncc32)CC1. The minimum absolute atomic E-state index is 0.0425. The van der Waals surface area contributed by atoms with Crippen LogP contribution in [0.3, 0.4) is 0 Å². The van der Waals surface area contributed by atoms with Gasteiger partial charge in [0.1, 0.15) is 0 Å². The quantitative estimate of drug-likeness (QED) is 0.807. The molecule has 1 aliphatic carbocycles. The molecule has 2 aromatic rings. The number of rotatable bonds is 3. The molecule has 0 unspecified atom stereocenters. The van der Waals surface area contributed by atoms with E-state index >= 15 is 0 Å². The van der Waals surface area contributed by atoms with Crippen LogP contribution in [0.1, 0.15) is 25.7 Å². The third-order valence-corrected chi connectivity index (χ3v) is 4.41. The smallest absolute Gasteiger partial charge is 0.308 e. The summed E-state index contributed by atoms with van der Waals surface area (Å²) >= 11 is 0. The number of hydrogen-bond acceptors (Lipinski definition) is 3. The first-order chi connectivity index (χ1) is 9.78. The van der Waals surface area contributed by atoms with E-state index in [9.17, 15) is 4.79 Å². The number of esters is 1. The standard InChI is InChI=1S/C16H20N2O2/c1-20-16(19)14-4-2-12(3-5-14)11-18-9-7-13-6-8-17-10-15(13)18/h6-10,12,14H,2-5,11H2,1H3. The molecule has 4 heteroatoms. The highest BCUT2D eigenvalue weighted by Crippen LogP contribution is 2.31. The molecule has 4 nitrogen and oxygen atoms in total. The van der Waals surface area contributed by atoms with Crippen LogP contribution in [0.2, 0.25) is 0 Å². The fraction of sp³-hybridized carbons (Fsp3) is 0.500. The number of pyridine rings is 1. The van der Waals surface area contributed by atoms with Crippen molar-refractivity contribution in [2.45, 2.75) is 32.2 Å². The lowest BCUT2D eigenvalue weighted by Crippen LogP contribution is -2.24. The second-order valence-electron chi connectivity index (χ2n) is 5.64. The fourth-order valence-electron chi connectivity index (χ4n) is 3.21. The molecule has 1 aliphatic rings. The molecule has 0 aliphatic heterocycles. The monoisotopic (exact) mass is 272 g/mol. The Balaban J connectivity index is 1.64. The Kier molecular flexibility index (Phi) is 3.72. The number of methoxy groups -OCH3 is 1. The molecule has 0 N–H and O–H groups in total. The van der Waals surface area contributed by atoms with Crippen LogP contribution < -0.4 is 0 Å². The molecule has 2 aromatic heterocycles. The van der Waals surface area contributed by atoms with Crippen molar-refractivity contribution in [3.05, 3.63) is 30.7 Å². The predicted molar refractivity (Wildman–Crippen MR) is 77.2 cm³/mol. The van der Waals surface area contributed by atoms with Crippen LogP contribution in [0, 0.1) is 11.8 Å². The molecule has 3 rings (SSSR count).